The van der Waals surface area contributed by atoms with E-state index in [1.807, 2.05) is 5.32 Å². The molecule has 0 aliphatic heterocycles. The summed E-state index contributed by atoms with van der Waals surface area (Å²) in [5, 5.41) is 11.1. The molecule has 7 heteroatoms. The minimum absolute atomic E-state index is 0.0616. The normalized spacial score (nSPS) is 17.0. The predicted molar refractivity (Wildman–Crippen MR) is 82.6 cm³/mol. The lowest BCUT2D eigenvalue weighted by Crippen LogP contribution is -2.46. The third-order valence-corrected chi connectivity index (χ3v) is 4.27. The van der Waals surface area contributed by atoms with Crippen molar-refractivity contribution >= 4 is 12.1 Å². The van der Waals surface area contributed by atoms with Crippen LogP contribution in [0.4, 0.5) is 13.6 Å². The molecule has 2 rings (SSSR count). The molecule has 1 saturated carbocycles. The highest BCUT2D eigenvalue weighted by Crippen LogP contribution is 2.45. The van der Waals surface area contributed by atoms with Gasteiger partial charge >= 0.3 is 12.1 Å². The van der Waals surface area contributed by atoms with E-state index in [9.17, 15) is 18.4 Å². The monoisotopic (exact) mass is 341 g/mol. The SMILES string of the molecule is CC(C1CC1)C(F)(F)CC(NC(=O)OCc1ccccc1)C(=O)O. The van der Waals surface area contributed by atoms with Crippen LogP contribution >= 0.6 is 0 Å². The van der Waals surface area contributed by atoms with Crippen LogP contribution < -0.4 is 5.32 Å². The van der Waals surface area contributed by atoms with Gasteiger partial charge in [-0.3, -0.25) is 0 Å². The average molecular weight is 341 g/mol. The zero-order valence-electron chi connectivity index (χ0n) is 13.4. The zero-order chi connectivity index (χ0) is 17.7. The molecule has 132 valence electrons. The first kappa shape index (κ1) is 18.2. The molecule has 0 spiro atoms. The largest absolute Gasteiger partial charge is 0.480 e. The summed E-state index contributed by atoms with van der Waals surface area (Å²) < 4.78 is 33.2. The van der Waals surface area contributed by atoms with E-state index < -0.39 is 36.4 Å². The Balaban J connectivity index is 1.88. The Labute approximate surface area is 139 Å². The van der Waals surface area contributed by atoms with E-state index in [4.69, 9.17) is 9.84 Å². The van der Waals surface area contributed by atoms with Gasteiger partial charge in [0.1, 0.15) is 12.6 Å². The molecule has 24 heavy (non-hydrogen) atoms. The second kappa shape index (κ2) is 7.59. The number of amides is 1. The Kier molecular flexibility index (Phi) is 5.75. The lowest BCUT2D eigenvalue weighted by atomic mass is 9.92. The van der Waals surface area contributed by atoms with E-state index in [0.29, 0.717) is 5.56 Å². The van der Waals surface area contributed by atoms with Crippen molar-refractivity contribution in [3.63, 3.8) is 0 Å². The van der Waals surface area contributed by atoms with Crippen LogP contribution in [0.2, 0.25) is 0 Å². The maximum Gasteiger partial charge on any atom is 0.408 e. The van der Waals surface area contributed by atoms with Gasteiger partial charge in [0.2, 0.25) is 0 Å². The van der Waals surface area contributed by atoms with Gasteiger partial charge < -0.3 is 15.2 Å². The van der Waals surface area contributed by atoms with Crippen molar-refractivity contribution in [3.8, 4) is 0 Å². The number of alkyl halides is 2. The molecule has 1 amide bonds. The fraction of sp³-hybridized carbons (Fsp3) is 0.529. The molecule has 1 aliphatic carbocycles. The molecule has 0 radical (unpaired) electrons. The second-order valence-corrected chi connectivity index (χ2v) is 6.19. The summed E-state index contributed by atoms with van der Waals surface area (Å²) in [5.41, 5.74) is 0.715. The molecule has 0 bridgehead atoms. The number of hydrogen-bond donors (Lipinski definition) is 2. The molecular formula is C17H21F2NO4. The van der Waals surface area contributed by atoms with Crippen LogP contribution in [0, 0.1) is 11.8 Å². The van der Waals surface area contributed by atoms with Crippen molar-refractivity contribution < 1.29 is 28.2 Å². The molecule has 0 heterocycles. The first-order chi connectivity index (χ1) is 11.3. The number of rotatable bonds is 8. The number of halogens is 2. The summed E-state index contributed by atoms with van der Waals surface area (Å²) in [5.74, 6) is -5.63. The first-order valence-corrected chi connectivity index (χ1v) is 7.87. The Bertz CT molecular complexity index is 575. The summed E-state index contributed by atoms with van der Waals surface area (Å²) >= 11 is 0. The maximum atomic E-state index is 14.2. The molecule has 0 saturated heterocycles. The van der Waals surface area contributed by atoms with Crippen molar-refractivity contribution in [2.24, 2.45) is 11.8 Å². The van der Waals surface area contributed by atoms with Crippen molar-refractivity contribution in [1.29, 1.82) is 0 Å². The van der Waals surface area contributed by atoms with Crippen LogP contribution in [-0.4, -0.2) is 29.1 Å². The van der Waals surface area contributed by atoms with Crippen LogP contribution in [0.1, 0.15) is 31.7 Å². The van der Waals surface area contributed by atoms with Crippen molar-refractivity contribution in [2.75, 3.05) is 0 Å². The van der Waals surface area contributed by atoms with Crippen LogP contribution in [-0.2, 0) is 16.1 Å². The van der Waals surface area contributed by atoms with Crippen LogP contribution in [0.25, 0.3) is 0 Å². The van der Waals surface area contributed by atoms with E-state index in [0.717, 1.165) is 12.8 Å². The molecule has 1 aromatic carbocycles. The average Bonchev–Trinajstić information content (AvgIpc) is 3.37. The molecule has 2 unspecified atom stereocenters. The molecule has 5 nitrogen and oxygen atoms in total. The molecule has 2 atom stereocenters. The van der Waals surface area contributed by atoms with E-state index in [-0.39, 0.29) is 12.5 Å². The van der Waals surface area contributed by atoms with Crippen LogP contribution in [0.5, 0.6) is 0 Å². The van der Waals surface area contributed by atoms with Crippen LogP contribution in [0.15, 0.2) is 30.3 Å². The fourth-order valence-corrected chi connectivity index (χ4v) is 2.51. The van der Waals surface area contributed by atoms with Crippen molar-refractivity contribution in [3.05, 3.63) is 35.9 Å². The molecule has 0 aromatic heterocycles. The van der Waals surface area contributed by atoms with Crippen LogP contribution in [0.3, 0.4) is 0 Å². The quantitative estimate of drug-likeness (QED) is 0.759. The van der Waals surface area contributed by atoms with E-state index in [1.165, 1.54) is 6.92 Å². The third-order valence-electron chi connectivity index (χ3n) is 4.27. The fourth-order valence-electron chi connectivity index (χ4n) is 2.51. The van der Waals surface area contributed by atoms with Gasteiger partial charge in [0.15, 0.2) is 0 Å². The highest BCUT2D eigenvalue weighted by atomic mass is 19.3. The van der Waals surface area contributed by atoms with Crippen molar-refractivity contribution in [1.82, 2.24) is 5.32 Å². The second-order valence-electron chi connectivity index (χ2n) is 6.19. The predicted octanol–water partition coefficient (Wildman–Crippen LogP) is 3.44. The van der Waals surface area contributed by atoms with Gasteiger partial charge in [-0.05, 0) is 24.3 Å². The number of ether oxygens (including phenoxy) is 1. The number of alkyl carbamates (subject to hydrolysis) is 1. The highest BCUT2D eigenvalue weighted by molar-refractivity contribution is 5.79. The van der Waals surface area contributed by atoms with Gasteiger partial charge in [-0.25, -0.2) is 18.4 Å². The van der Waals surface area contributed by atoms with E-state index >= 15 is 0 Å². The molecule has 1 aliphatic rings. The molecule has 1 aromatic rings. The number of benzene rings is 1. The van der Waals surface area contributed by atoms with Gasteiger partial charge in [0.05, 0.1) is 0 Å². The summed E-state index contributed by atoms with van der Waals surface area (Å²) in [6.07, 6.45) is -0.496. The number of carbonyl (C=O) groups excluding carboxylic acids is 1. The third kappa shape index (κ3) is 5.18. The number of carboxylic acids is 1. The van der Waals surface area contributed by atoms with Gasteiger partial charge in [-0.15, -0.1) is 0 Å². The number of carboxylic acid groups (broad SMARTS) is 1. The van der Waals surface area contributed by atoms with Gasteiger partial charge in [-0.1, -0.05) is 37.3 Å². The standard InChI is InChI=1S/C17H21F2NO4/c1-11(13-7-8-13)17(18,19)9-14(15(21)22)20-16(23)24-10-12-5-3-2-4-6-12/h2-6,11,13-14H,7-10H2,1H3,(H,20,23)(H,21,22). The highest BCUT2D eigenvalue weighted by Gasteiger charge is 2.47. The van der Waals surface area contributed by atoms with Gasteiger partial charge in [0, 0.05) is 12.3 Å². The number of nitrogens with one attached hydrogen (secondary N) is 1. The minimum atomic E-state index is -3.16. The summed E-state index contributed by atoms with van der Waals surface area (Å²) in [4.78, 5) is 22.9. The van der Waals surface area contributed by atoms with Gasteiger partial charge in [-0.2, -0.15) is 0 Å². The zero-order valence-corrected chi connectivity index (χ0v) is 13.4. The Morgan fingerprint density at radius 1 is 1.33 bits per heavy atom. The van der Waals surface area contributed by atoms with Crippen molar-refractivity contribution in [2.45, 2.75) is 44.8 Å². The van der Waals surface area contributed by atoms with E-state index in [2.05, 4.69) is 0 Å². The van der Waals surface area contributed by atoms with E-state index in [1.54, 1.807) is 30.3 Å². The van der Waals surface area contributed by atoms with Gasteiger partial charge in [0.25, 0.3) is 5.92 Å². The molecular weight excluding hydrogens is 320 g/mol. The molecule has 2 N–H and O–H groups in total. The Morgan fingerprint density at radius 2 is 1.96 bits per heavy atom. The molecule has 1 fully saturated rings. The number of carbonyl (C=O) groups is 2. The first-order valence-electron chi connectivity index (χ1n) is 7.87. The lowest BCUT2D eigenvalue weighted by Gasteiger charge is -2.26. The minimum Gasteiger partial charge on any atom is -0.480 e. The maximum absolute atomic E-state index is 14.2. The summed E-state index contributed by atoms with van der Waals surface area (Å²) in [7, 11) is 0. The lowest BCUT2D eigenvalue weighted by molar-refractivity contribution is -0.144. The number of hydrogen-bond acceptors (Lipinski definition) is 3. The Hall–Kier alpha value is -2.18. The summed E-state index contributed by atoms with van der Waals surface area (Å²) in [6, 6.07) is 7.09. The topological polar surface area (TPSA) is 75.6 Å². The summed E-state index contributed by atoms with van der Waals surface area (Å²) in [6.45, 7) is 1.36. The smallest absolute Gasteiger partial charge is 0.408 e. The Morgan fingerprint density at radius 3 is 2.50 bits per heavy atom. The number of aliphatic carboxylic acids is 1.